The fourth-order valence-electron chi connectivity index (χ4n) is 3.77. The minimum atomic E-state index is -0.564. The maximum atomic E-state index is 13.6. The average molecular weight is 415 g/mol. The van der Waals surface area contributed by atoms with Crippen molar-refractivity contribution in [3.8, 4) is 0 Å². The Hall–Kier alpha value is -3.40. The predicted molar refractivity (Wildman–Crippen MR) is 125 cm³/mol. The molecule has 1 N–H and O–H groups in total. The molecule has 160 valence electrons. The van der Waals surface area contributed by atoms with Gasteiger partial charge in [-0.25, -0.2) is 0 Å². The van der Waals surface area contributed by atoms with Crippen LogP contribution in [0.4, 0.5) is 0 Å². The second-order valence-electron chi connectivity index (χ2n) is 7.88. The van der Waals surface area contributed by atoms with Crippen LogP contribution in [0.2, 0.25) is 0 Å². The normalized spacial score (nSPS) is 11.7. The van der Waals surface area contributed by atoms with Crippen molar-refractivity contribution in [2.45, 2.75) is 38.8 Å². The maximum absolute atomic E-state index is 13.6. The summed E-state index contributed by atoms with van der Waals surface area (Å²) in [4.78, 5) is 27.7. The highest BCUT2D eigenvalue weighted by atomic mass is 16.2. The third-order valence-electron chi connectivity index (χ3n) is 5.67. The molecule has 3 aromatic rings. The van der Waals surface area contributed by atoms with Gasteiger partial charge in [0.05, 0.1) is 0 Å². The molecule has 0 heterocycles. The van der Waals surface area contributed by atoms with Gasteiger partial charge in [-0.05, 0) is 30.5 Å². The first kappa shape index (κ1) is 22.3. The number of carbonyl (C=O) groups is 2. The van der Waals surface area contributed by atoms with Crippen LogP contribution in [0.3, 0.4) is 0 Å². The van der Waals surface area contributed by atoms with Gasteiger partial charge in [-0.2, -0.15) is 0 Å². The molecule has 0 bridgehead atoms. The molecule has 0 saturated carbocycles. The highest BCUT2D eigenvalue weighted by molar-refractivity contribution is 5.87. The highest BCUT2D eigenvalue weighted by Crippen LogP contribution is 2.29. The molecule has 0 spiro atoms. The van der Waals surface area contributed by atoms with Crippen LogP contribution in [-0.4, -0.2) is 29.8 Å². The van der Waals surface area contributed by atoms with Crippen LogP contribution < -0.4 is 5.32 Å². The molecule has 0 radical (unpaired) electrons. The summed E-state index contributed by atoms with van der Waals surface area (Å²) in [6.45, 7) is 4.21. The van der Waals surface area contributed by atoms with Crippen LogP contribution in [0.1, 0.15) is 41.5 Å². The van der Waals surface area contributed by atoms with Gasteiger partial charge in [0, 0.05) is 25.9 Å². The lowest BCUT2D eigenvalue weighted by molar-refractivity contribution is -0.140. The number of nitrogens with zero attached hydrogens (tertiary/aromatic N) is 1. The number of rotatable bonds is 8. The van der Waals surface area contributed by atoms with E-state index in [0.717, 1.165) is 22.3 Å². The molecule has 0 aliphatic carbocycles. The van der Waals surface area contributed by atoms with Gasteiger partial charge < -0.3 is 10.2 Å². The molecule has 3 rings (SSSR count). The van der Waals surface area contributed by atoms with E-state index in [1.165, 1.54) is 0 Å². The second kappa shape index (κ2) is 10.6. The molecule has 0 saturated heterocycles. The number of carbonyl (C=O) groups excluding carboxylic acids is 2. The van der Waals surface area contributed by atoms with Crippen molar-refractivity contribution in [3.63, 3.8) is 0 Å². The zero-order valence-electron chi connectivity index (χ0n) is 18.4. The molecule has 31 heavy (non-hydrogen) atoms. The molecule has 0 aliphatic rings. The Morgan fingerprint density at radius 2 is 1.35 bits per heavy atom. The van der Waals surface area contributed by atoms with Crippen molar-refractivity contribution in [2.24, 2.45) is 0 Å². The first-order valence-corrected chi connectivity index (χ1v) is 10.7. The monoisotopic (exact) mass is 414 g/mol. The number of hydrogen-bond acceptors (Lipinski definition) is 2. The Morgan fingerprint density at radius 3 is 1.84 bits per heavy atom. The van der Waals surface area contributed by atoms with Crippen molar-refractivity contribution in [3.05, 3.63) is 107 Å². The lowest BCUT2D eigenvalue weighted by Gasteiger charge is -2.30. The minimum Gasteiger partial charge on any atom is -0.357 e. The molecule has 0 aromatic heterocycles. The van der Waals surface area contributed by atoms with Crippen molar-refractivity contribution >= 4 is 11.8 Å². The average Bonchev–Trinajstić information content (AvgIpc) is 2.82. The summed E-state index contributed by atoms with van der Waals surface area (Å²) in [5.41, 5.74) is 4.34. The van der Waals surface area contributed by atoms with Crippen LogP contribution in [0.15, 0.2) is 84.9 Å². The SMILES string of the molecule is CNC(=O)[C@H](C)N(Cc1ccc(C)cc1)C(=O)CC(c1ccccc1)c1ccccc1. The number of nitrogens with one attached hydrogen (secondary N) is 1. The molecule has 2 amide bonds. The van der Waals surface area contributed by atoms with Crippen molar-refractivity contribution in [1.82, 2.24) is 10.2 Å². The zero-order valence-corrected chi connectivity index (χ0v) is 18.4. The Balaban J connectivity index is 1.90. The number of benzene rings is 3. The largest absolute Gasteiger partial charge is 0.357 e. The Morgan fingerprint density at radius 1 is 0.839 bits per heavy atom. The Bertz CT molecular complexity index is 945. The standard InChI is InChI=1S/C27H30N2O2/c1-20-14-16-22(17-15-20)19-29(21(2)27(31)28-3)26(30)18-25(23-10-6-4-7-11-23)24-12-8-5-9-13-24/h4-17,21,25H,18-19H2,1-3H3,(H,28,31)/t21-/m0/s1. The van der Waals surface area contributed by atoms with Crippen molar-refractivity contribution in [1.29, 1.82) is 0 Å². The van der Waals surface area contributed by atoms with Gasteiger partial charge in [0.2, 0.25) is 11.8 Å². The maximum Gasteiger partial charge on any atom is 0.242 e. The first-order valence-electron chi connectivity index (χ1n) is 10.7. The molecule has 0 unspecified atom stereocenters. The van der Waals surface area contributed by atoms with E-state index in [9.17, 15) is 9.59 Å². The third-order valence-corrected chi connectivity index (χ3v) is 5.67. The second-order valence-corrected chi connectivity index (χ2v) is 7.88. The van der Waals surface area contributed by atoms with E-state index in [-0.39, 0.29) is 17.7 Å². The topological polar surface area (TPSA) is 49.4 Å². The van der Waals surface area contributed by atoms with Crippen molar-refractivity contribution < 1.29 is 9.59 Å². The third kappa shape index (κ3) is 5.82. The quantitative estimate of drug-likeness (QED) is 0.582. The van der Waals surface area contributed by atoms with E-state index in [4.69, 9.17) is 0 Å². The number of aryl methyl sites for hydroxylation is 1. The number of amides is 2. The Kier molecular flexibility index (Phi) is 7.60. The molecular weight excluding hydrogens is 384 g/mol. The van der Waals surface area contributed by atoms with Gasteiger partial charge >= 0.3 is 0 Å². The summed E-state index contributed by atoms with van der Waals surface area (Å²) >= 11 is 0. The summed E-state index contributed by atoms with van der Waals surface area (Å²) < 4.78 is 0. The van der Waals surface area contributed by atoms with Crippen LogP contribution in [-0.2, 0) is 16.1 Å². The zero-order chi connectivity index (χ0) is 22.2. The lowest BCUT2D eigenvalue weighted by atomic mass is 9.88. The fourth-order valence-corrected chi connectivity index (χ4v) is 3.77. The van der Waals surface area contributed by atoms with Crippen LogP contribution in [0, 0.1) is 6.92 Å². The van der Waals surface area contributed by atoms with Gasteiger partial charge in [0.15, 0.2) is 0 Å². The van der Waals surface area contributed by atoms with Crippen molar-refractivity contribution in [2.75, 3.05) is 7.05 Å². The van der Waals surface area contributed by atoms with Gasteiger partial charge in [0.25, 0.3) is 0 Å². The Labute approximate surface area is 184 Å². The molecule has 0 aliphatic heterocycles. The van der Waals surface area contributed by atoms with E-state index < -0.39 is 6.04 Å². The summed E-state index contributed by atoms with van der Waals surface area (Å²) in [6, 6.07) is 27.7. The van der Waals surface area contributed by atoms with E-state index in [1.807, 2.05) is 67.6 Å². The van der Waals surface area contributed by atoms with Crippen LogP contribution in [0.25, 0.3) is 0 Å². The lowest BCUT2D eigenvalue weighted by Crippen LogP contribution is -2.47. The highest BCUT2D eigenvalue weighted by Gasteiger charge is 2.28. The summed E-state index contributed by atoms with van der Waals surface area (Å²) in [7, 11) is 1.60. The summed E-state index contributed by atoms with van der Waals surface area (Å²) in [5, 5.41) is 2.68. The van der Waals surface area contributed by atoms with Gasteiger partial charge in [-0.15, -0.1) is 0 Å². The molecular formula is C27H30N2O2. The van der Waals surface area contributed by atoms with E-state index in [2.05, 4.69) is 29.6 Å². The molecule has 3 aromatic carbocycles. The summed E-state index contributed by atoms with van der Waals surface area (Å²) in [6.07, 6.45) is 0.293. The van der Waals surface area contributed by atoms with Crippen LogP contribution >= 0.6 is 0 Å². The van der Waals surface area contributed by atoms with Gasteiger partial charge in [-0.3, -0.25) is 9.59 Å². The smallest absolute Gasteiger partial charge is 0.242 e. The van der Waals surface area contributed by atoms with E-state index in [0.29, 0.717) is 13.0 Å². The van der Waals surface area contributed by atoms with Gasteiger partial charge in [0.1, 0.15) is 6.04 Å². The van der Waals surface area contributed by atoms with E-state index >= 15 is 0 Å². The van der Waals surface area contributed by atoms with Crippen LogP contribution in [0.5, 0.6) is 0 Å². The van der Waals surface area contributed by atoms with E-state index in [1.54, 1.807) is 18.9 Å². The molecule has 1 atom stereocenters. The predicted octanol–water partition coefficient (Wildman–Crippen LogP) is 4.68. The number of likely N-dealkylation sites (N-methyl/N-ethyl adjacent to an activating group) is 1. The summed E-state index contributed by atoms with van der Waals surface area (Å²) in [5.74, 6) is -0.293. The first-order chi connectivity index (χ1) is 15.0. The molecule has 0 fully saturated rings. The molecule has 4 nitrogen and oxygen atoms in total. The fraction of sp³-hybridized carbons (Fsp3) is 0.259. The number of hydrogen-bond donors (Lipinski definition) is 1. The minimum absolute atomic E-state index is 0.0469. The van der Waals surface area contributed by atoms with Gasteiger partial charge in [-0.1, -0.05) is 90.5 Å². The molecule has 4 heteroatoms.